The molecule has 0 unspecified atom stereocenters. The molecule has 134 valence electrons. The van der Waals surface area contributed by atoms with Crippen molar-refractivity contribution in [3.05, 3.63) is 58.1 Å². The van der Waals surface area contributed by atoms with Crippen LogP contribution in [0.2, 0.25) is 0 Å². The smallest absolute Gasteiger partial charge is 0.234 e. The molecule has 1 atom stereocenters. The molecule has 0 spiro atoms. The van der Waals surface area contributed by atoms with Crippen molar-refractivity contribution in [3.8, 4) is 0 Å². The Morgan fingerprint density at radius 2 is 1.68 bits per heavy atom. The Kier molecular flexibility index (Phi) is 6.71. The second-order valence-electron chi connectivity index (χ2n) is 6.82. The SMILES string of the molecule is CC[C@H](C)c1ccccc1NC(=O)CSc1c(C)c(C)cc(C)c1C. The molecule has 25 heavy (non-hydrogen) atoms. The Labute approximate surface area is 156 Å². The van der Waals surface area contributed by atoms with Crippen LogP contribution in [-0.2, 0) is 4.79 Å². The summed E-state index contributed by atoms with van der Waals surface area (Å²) < 4.78 is 0. The first-order valence-electron chi connectivity index (χ1n) is 8.94. The van der Waals surface area contributed by atoms with Gasteiger partial charge < -0.3 is 5.32 Å². The largest absolute Gasteiger partial charge is 0.325 e. The summed E-state index contributed by atoms with van der Waals surface area (Å²) in [7, 11) is 0. The summed E-state index contributed by atoms with van der Waals surface area (Å²) in [5.41, 5.74) is 7.28. The zero-order chi connectivity index (χ0) is 18.6. The van der Waals surface area contributed by atoms with Crippen LogP contribution in [0.1, 0.15) is 54.0 Å². The maximum Gasteiger partial charge on any atom is 0.234 e. The van der Waals surface area contributed by atoms with Gasteiger partial charge in [0.15, 0.2) is 0 Å². The quantitative estimate of drug-likeness (QED) is 0.628. The predicted molar refractivity (Wildman–Crippen MR) is 110 cm³/mol. The van der Waals surface area contributed by atoms with E-state index in [0.29, 0.717) is 11.7 Å². The summed E-state index contributed by atoms with van der Waals surface area (Å²) in [6.07, 6.45) is 1.06. The number of carbonyl (C=O) groups excluding carboxylic acids is 1. The summed E-state index contributed by atoms with van der Waals surface area (Å²) in [5, 5.41) is 3.10. The molecule has 1 amide bonds. The summed E-state index contributed by atoms with van der Waals surface area (Å²) in [5.74, 6) is 0.922. The molecular weight excluding hydrogens is 326 g/mol. The number of para-hydroxylation sites is 1. The highest BCUT2D eigenvalue weighted by molar-refractivity contribution is 8.00. The Morgan fingerprint density at radius 1 is 1.08 bits per heavy atom. The van der Waals surface area contributed by atoms with E-state index in [2.05, 4.69) is 59.0 Å². The van der Waals surface area contributed by atoms with Gasteiger partial charge in [-0.15, -0.1) is 11.8 Å². The van der Waals surface area contributed by atoms with Gasteiger partial charge in [-0.3, -0.25) is 4.79 Å². The third-order valence-corrected chi connectivity index (χ3v) is 6.33. The molecule has 0 radical (unpaired) electrons. The van der Waals surface area contributed by atoms with Crippen LogP contribution in [0.5, 0.6) is 0 Å². The second-order valence-corrected chi connectivity index (χ2v) is 7.81. The summed E-state index contributed by atoms with van der Waals surface area (Å²) in [6, 6.07) is 10.3. The zero-order valence-corrected chi connectivity index (χ0v) is 17.0. The minimum absolute atomic E-state index is 0.0544. The molecule has 1 N–H and O–H groups in total. The number of rotatable bonds is 6. The van der Waals surface area contributed by atoms with Gasteiger partial charge in [0, 0.05) is 10.6 Å². The number of hydrogen-bond acceptors (Lipinski definition) is 2. The molecule has 0 saturated carbocycles. The number of anilines is 1. The summed E-state index contributed by atoms with van der Waals surface area (Å²) in [6.45, 7) is 12.9. The fourth-order valence-corrected chi connectivity index (χ4v) is 4.08. The minimum Gasteiger partial charge on any atom is -0.325 e. The van der Waals surface area contributed by atoms with Crippen LogP contribution in [0.3, 0.4) is 0 Å². The van der Waals surface area contributed by atoms with E-state index in [1.807, 2.05) is 18.2 Å². The Hall–Kier alpha value is -1.74. The molecule has 0 aliphatic rings. The van der Waals surface area contributed by atoms with Gasteiger partial charge in [0.2, 0.25) is 5.91 Å². The molecule has 0 fully saturated rings. The summed E-state index contributed by atoms with van der Waals surface area (Å²) >= 11 is 1.64. The lowest BCUT2D eigenvalue weighted by Gasteiger charge is -2.17. The van der Waals surface area contributed by atoms with Crippen molar-refractivity contribution in [3.63, 3.8) is 0 Å². The van der Waals surface area contributed by atoms with E-state index < -0.39 is 0 Å². The van der Waals surface area contributed by atoms with E-state index in [9.17, 15) is 4.79 Å². The van der Waals surface area contributed by atoms with E-state index in [1.165, 1.54) is 32.7 Å². The fraction of sp³-hybridized carbons (Fsp3) is 0.409. The third-order valence-electron chi connectivity index (χ3n) is 5.02. The van der Waals surface area contributed by atoms with E-state index in [4.69, 9.17) is 0 Å². The lowest BCUT2D eigenvalue weighted by Crippen LogP contribution is -2.16. The number of hydrogen-bond donors (Lipinski definition) is 1. The van der Waals surface area contributed by atoms with Crippen molar-refractivity contribution in [2.45, 2.75) is 58.8 Å². The highest BCUT2D eigenvalue weighted by Crippen LogP contribution is 2.31. The lowest BCUT2D eigenvalue weighted by atomic mass is 9.97. The van der Waals surface area contributed by atoms with Crippen molar-refractivity contribution in [1.29, 1.82) is 0 Å². The number of amides is 1. The van der Waals surface area contributed by atoms with Gasteiger partial charge in [-0.25, -0.2) is 0 Å². The molecule has 0 bridgehead atoms. The predicted octanol–water partition coefficient (Wildman–Crippen LogP) is 6.16. The number of carbonyl (C=O) groups is 1. The molecule has 2 aromatic rings. The molecular formula is C22H29NOS. The normalized spacial score (nSPS) is 12.1. The van der Waals surface area contributed by atoms with Crippen molar-refractivity contribution in [2.24, 2.45) is 0 Å². The first-order valence-corrected chi connectivity index (χ1v) is 9.92. The number of nitrogens with one attached hydrogen (secondary N) is 1. The molecule has 0 heterocycles. The van der Waals surface area contributed by atoms with Gasteiger partial charge in [0.05, 0.1) is 5.75 Å². The molecule has 2 nitrogen and oxygen atoms in total. The topological polar surface area (TPSA) is 29.1 Å². The molecule has 0 aromatic heterocycles. The first kappa shape index (κ1) is 19.6. The molecule has 0 aliphatic carbocycles. The lowest BCUT2D eigenvalue weighted by molar-refractivity contribution is -0.113. The van der Waals surface area contributed by atoms with Gasteiger partial charge in [0.1, 0.15) is 0 Å². The van der Waals surface area contributed by atoms with Gasteiger partial charge in [-0.1, -0.05) is 38.1 Å². The van der Waals surface area contributed by atoms with Crippen LogP contribution in [-0.4, -0.2) is 11.7 Å². The number of aryl methyl sites for hydroxylation is 2. The Balaban J connectivity index is 2.11. The van der Waals surface area contributed by atoms with Crippen molar-refractivity contribution < 1.29 is 4.79 Å². The average Bonchev–Trinajstić information content (AvgIpc) is 2.60. The molecule has 2 aromatic carbocycles. The molecule has 2 rings (SSSR count). The third kappa shape index (κ3) is 4.66. The van der Waals surface area contributed by atoms with Gasteiger partial charge >= 0.3 is 0 Å². The highest BCUT2D eigenvalue weighted by atomic mass is 32.2. The van der Waals surface area contributed by atoms with Gasteiger partial charge in [0.25, 0.3) is 0 Å². The van der Waals surface area contributed by atoms with E-state index in [-0.39, 0.29) is 5.91 Å². The zero-order valence-electron chi connectivity index (χ0n) is 16.2. The van der Waals surface area contributed by atoms with Crippen LogP contribution in [0.15, 0.2) is 35.2 Å². The van der Waals surface area contributed by atoms with Gasteiger partial charge in [-0.05, 0) is 73.9 Å². The average molecular weight is 356 g/mol. The Morgan fingerprint density at radius 3 is 2.28 bits per heavy atom. The maximum atomic E-state index is 12.5. The molecule has 0 saturated heterocycles. The number of benzene rings is 2. The maximum absolute atomic E-state index is 12.5. The molecule has 0 aliphatic heterocycles. The van der Waals surface area contributed by atoms with E-state index in [1.54, 1.807) is 11.8 Å². The minimum atomic E-state index is 0.0544. The van der Waals surface area contributed by atoms with Crippen LogP contribution >= 0.6 is 11.8 Å². The standard InChI is InChI=1S/C22H29NOS/c1-7-14(2)19-10-8-9-11-20(19)23-21(24)13-25-22-17(5)15(3)12-16(4)18(22)6/h8-12,14H,7,13H2,1-6H3,(H,23,24)/t14-/m0/s1. The monoisotopic (exact) mass is 355 g/mol. The summed E-state index contributed by atoms with van der Waals surface area (Å²) in [4.78, 5) is 13.7. The Bertz CT molecular complexity index is 741. The van der Waals surface area contributed by atoms with E-state index >= 15 is 0 Å². The van der Waals surface area contributed by atoms with Crippen LogP contribution in [0.4, 0.5) is 5.69 Å². The highest BCUT2D eigenvalue weighted by Gasteiger charge is 2.14. The van der Waals surface area contributed by atoms with Crippen LogP contribution < -0.4 is 5.32 Å². The molecule has 3 heteroatoms. The van der Waals surface area contributed by atoms with Crippen LogP contribution in [0, 0.1) is 27.7 Å². The van der Waals surface area contributed by atoms with Gasteiger partial charge in [-0.2, -0.15) is 0 Å². The fourth-order valence-electron chi connectivity index (χ4n) is 2.98. The van der Waals surface area contributed by atoms with Crippen molar-refractivity contribution in [2.75, 3.05) is 11.1 Å². The van der Waals surface area contributed by atoms with Crippen molar-refractivity contribution >= 4 is 23.4 Å². The second kappa shape index (κ2) is 8.57. The van der Waals surface area contributed by atoms with Crippen molar-refractivity contribution in [1.82, 2.24) is 0 Å². The van der Waals surface area contributed by atoms with Crippen LogP contribution in [0.25, 0.3) is 0 Å². The number of thioether (sulfide) groups is 1. The van der Waals surface area contributed by atoms with E-state index in [0.717, 1.165) is 12.1 Å². The first-order chi connectivity index (χ1) is 11.8.